The van der Waals surface area contributed by atoms with Gasteiger partial charge in [0.1, 0.15) is 5.69 Å². The van der Waals surface area contributed by atoms with Gasteiger partial charge in [-0.3, -0.25) is 4.57 Å². The van der Waals surface area contributed by atoms with Crippen LogP contribution in [0.2, 0.25) is 0 Å². The molecule has 230 valence electrons. The number of para-hydroxylation sites is 4. The zero-order chi connectivity index (χ0) is 32.9. The number of allylic oxidation sites excluding steroid dienone is 4. The summed E-state index contributed by atoms with van der Waals surface area (Å²) in [4.78, 5) is 10.5. The molecule has 0 unspecified atom stereocenters. The van der Waals surface area contributed by atoms with E-state index < -0.39 is 0 Å². The molecular weight excluding hydrogens is 597 g/mol. The second-order valence-corrected chi connectivity index (χ2v) is 12.2. The molecule has 0 saturated carbocycles. The van der Waals surface area contributed by atoms with Crippen LogP contribution in [0.15, 0.2) is 158 Å². The van der Waals surface area contributed by atoms with Gasteiger partial charge in [-0.1, -0.05) is 109 Å². The quantitative estimate of drug-likeness (QED) is 0.141. The van der Waals surface area contributed by atoms with Crippen LogP contribution in [-0.2, 0) is 0 Å². The van der Waals surface area contributed by atoms with E-state index in [9.17, 15) is 0 Å². The number of rotatable bonds is 5. The lowest BCUT2D eigenvalue weighted by Crippen LogP contribution is -2.05. The highest BCUT2D eigenvalue weighted by atomic mass is 15.1. The second kappa shape index (κ2) is 11.5. The predicted molar refractivity (Wildman–Crippen MR) is 205 cm³/mol. The first-order valence-electron chi connectivity index (χ1n) is 16.4. The molecule has 9 aromatic rings. The summed E-state index contributed by atoms with van der Waals surface area (Å²) in [6.07, 6.45) is 11.1. The average molecular weight is 627 g/mol. The summed E-state index contributed by atoms with van der Waals surface area (Å²) in [6.45, 7) is 2.06. The number of nitrogens with zero attached hydrogens (tertiary/aromatic N) is 4. The summed E-state index contributed by atoms with van der Waals surface area (Å²) >= 11 is 0. The Morgan fingerprint density at radius 3 is 1.80 bits per heavy atom. The van der Waals surface area contributed by atoms with Gasteiger partial charge in [0.2, 0.25) is 0 Å². The van der Waals surface area contributed by atoms with Crippen molar-refractivity contribution in [3.63, 3.8) is 0 Å². The van der Waals surface area contributed by atoms with E-state index in [-0.39, 0.29) is 0 Å². The molecule has 3 aromatic heterocycles. The van der Waals surface area contributed by atoms with Gasteiger partial charge in [0.15, 0.2) is 5.82 Å². The van der Waals surface area contributed by atoms with Gasteiger partial charge in [0, 0.05) is 27.2 Å². The monoisotopic (exact) mass is 626 g/mol. The van der Waals surface area contributed by atoms with Crippen molar-refractivity contribution in [2.75, 3.05) is 0 Å². The summed E-state index contributed by atoms with van der Waals surface area (Å²) in [5.74, 6) is 3.37. The van der Waals surface area contributed by atoms with E-state index in [2.05, 4.69) is 137 Å². The first-order chi connectivity index (χ1) is 24.2. The molecule has 0 saturated heterocycles. The van der Waals surface area contributed by atoms with Crippen LogP contribution in [0.3, 0.4) is 0 Å². The Bertz CT molecular complexity index is 2820. The molecule has 6 aromatic carbocycles. The first-order valence-corrected chi connectivity index (χ1v) is 16.4. The maximum absolute atomic E-state index is 5.51. The van der Waals surface area contributed by atoms with Gasteiger partial charge in [-0.2, -0.15) is 0 Å². The highest BCUT2D eigenvalue weighted by Gasteiger charge is 2.23. The van der Waals surface area contributed by atoms with Crippen molar-refractivity contribution in [3.8, 4) is 35.0 Å². The van der Waals surface area contributed by atoms with Gasteiger partial charge >= 0.3 is 0 Å². The third kappa shape index (κ3) is 4.56. The molecule has 0 aliphatic rings. The minimum Gasteiger partial charge on any atom is -0.309 e. The number of hydrogen-bond donors (Lipinski definition) is 0. The number of fused-ring (bicyclic) bond motifs is 8. The molecule has 3 heterocycles. The minimum atomic E-state index is 0.785. The molecule has 0 fully saturated rings. The van der Waals surface area contributed by atoms with Gasteiger partial charge in [-0.05, 0) is 78.2 Å². The number of benzene rings is 6. The number of terminal acetylenes is 1. The van der Waals surface area contributed by atoms with Crippen LogP contribution in [0.5, 0.6) is 0 Å². The van der Waals surface area contributed by atoms with Crippen LogP contribution in [0.1, 0.15) is 12.6 Å². The Kier molecular flexibility index (Phi) is 6.71. The zero-order valence-electron chi connectivity index (χ0n) is 26.9. The minimum absolute atomic E-state index is 0.785. The number of aromatic nitrogens is 4. The Morgan fingerprint density at radius 1 is 0.571 bits per heavy atom. The highest BCUT2D eigenvalue weighted by molar-refractivity contribution is 6.29. The van der Waals surface area contributed by atoms with Crippen LogP contribution in [0.4, 0.5) is 0 Å². The summed E-state index contributed by atoms with van der Waals surface area (Å²) in [6, 6.07) is 49.3. The van der Waals surface area contributed by atoms with E-state index in [1.54, 1.807) is 6.08 Å². The lowest BCUT2D eigenvalue weighted by Gasteiger charge is -2.14. The SMILES string of the molecule is C#C/C=C\C=C(/C)c1nc2ccccc2nc1-n1c2ccccc2c2c3c4ccccc4n(-c4ccc(-c5ccccc5)cc4)c3ccc21. The van der Waals surface area contributed by atoms with Gasteiger partial charge in [-0.15, -0.1) is 6.42 Å². The summed E-state index contributed by atoms with van der Waals surface area (Å²) < 4.78 is 4.67. The Hall–Kier alpha value is -6.70. The van der Waals surface area contributed by atoms with E-state index in [1.807, 2.05) is 36.4 Å². The lowest BCUT2D eigenvalue weighted by molar-refractivity contribution is 1.06. The van der Waals surface area contributed by atoms with Crippen molar-refractivity contribution >= 4 is 60.2 Å². The van der Waals surface area contributed by atoms with Gasteiger partial charge < -0.3 is 4.57 Å². The topological polar surface area (TPSA) is 35.6 Å². The highest BCUT2D eigenvalue weighted by Crippen LogP contribution is 2.43. The van der Waals surface area contributed by atoms with E-state index in [4.69, 9.17) is 16.4 Å². The fourth-order valence-corrected chi connectivity index (χ4v) is 7.20. The largest absolute Gasteiger partial charge is 0.309 e. The van der Waals surface area contributed by atoms with Crippen molar-refractivity contribution in [2.24, 2.45) is 0 Å². The van der Waals surface area contributed by atoms with E-state index >= 15 is 0 Å². The van der Waals surface area contributed by atoms with Crippen LogP contribution < -0.4 is 0 Å². The molecule has 49 heavy (non-hydrogen) atoms. The van der Waals surface area contributed by atoms with E-state index in [0.717, 1.165) is 50.4 Å². The Labute approximate surface area is 283 Å². The molecule has 0 radical (unpaired) electrons. The number of hydrogen-bond acceptors (Lipinski definition) is 2. The second-order valence-electron chi connectivity index (χ2n) is 12.2. The molecule has 9 rings (SSSR count). The maximum atomic E-state index is 5.51. The van der Waals surface area contributed by atoms with Gasteiger partial charge in [-0.25, -0.2) is 9.97 Å². The fourth-order valence-electron chi connectivity index (χ4n) is 7.20. The summed E-state index contributed by atoms with van der Waals surface area (Å²) in [5.41, 5.74) is 11.5. The maximum Gasteiger partial charge on any atom is 0.164 e. The van der Waals surface area contributed by atoms with Crippen molar-refractivity contribution in [1.29, 1.82) is 0 Å². The third-order valence-corrected chi connectivity index (χ3v) is 9.38. The standard InChI is InChI=1S/C45H30N4/c1-3-4-6-15-30(2)44-45(47-37-21-12-11-20-36(37)46-44)49-39-23-14-10-19-35(39)43-41(49)29-28-40-42(43)34-18-9-13-22-38(34)48(40)33-26-24-32(25-27-33)31-16-7-5-8-17-31/h1,4-29H,2H3/b6-4-,30-15+. The molecule has 0 atom stereocenters. The first kappa shape index (κ1) is 28.5. The third-order valence-electron chi connectivity index (χ3n) is 9.38. The van der Waals surface area contributed by atoms with Crippen LogP contribution in [0, 0.1) is 12.3 Å². The van der Waals surface area contributed by atoms with Crippen molar-refractivity contribution in [2.45, 2.75) is 6.92 Å². The van der Waals surface area contributed by atoms with E-state index in [1.165, 1.54) is 38.2 Å². The fraction of sp³-hybridized carbons (Fsp3) is 0.0222. The molecule has 4 heteroatoms. The lowest BCUT2D eigenvalue weighted by atomic mass is 10.1. The summed E-state index contributed by atoms with van der Waals surface area (Å²) in [5, 5.41) is 4.78. The Balaban J connectivity index is 1.36. The molecule has 0 amide bonds. The summed E-state index contributed by atoms with van der Waals surface area (Å²) in [7, 11) is 0. The molecular formula is C45H30N4. The van der Waals surface area contributed by atoms with Crippen molar-refractivity contribution in [3.05, 3.63) is 163 Å². The normalized spacial score (nSPS) is 12.2. The Morgan fingerprint density at radius 2 is 1.12 bits per heavy atom. The molecule has 0 aliphatic heterocycles. The molecule has 0 spiro atoms. The van der Waals surface area contributed by atoms with Crippen LogP contribution in [0.25, 0.3) is 82.9 Å². The molecule has 0 aliphatic carbocycles. The smallest absolute Gasteiger partial charge is 0.164 e. The molecule has 0 bridgehead atoms. The van der Waals surface area contributed by atoms with Crippen LogP contribution in [-0.4, -0.2) is 19.1 Å². The predicted octanol–water partition coefficient (Wildman–Crippen LogP) is 11.1. The van der Waals surface area contributed by atoms with Crippen LogP contribution >= 0.6 is 0 Å². The molecule has 0 N–H and O–H groups in total. The van der Waals surface area contributed by atoms with Crippen molar-refractivity contribution < 1.29 is 0 Å². The zero-order valence-corrected chi connectivity index (χ0v) is 26.9. The van der Waals surface area contributed by atoms with Gasteiger partial charge in [0.25, 0.3) is 0 Å². The molecule has 4 nitrogen and oxygen atoms in total. The van der Waals surface area contributed by atoms with Gasteiger partial charge in [0.05, 0.1) is 33.1 Å². The van der Waals surface area contributed by atoms with Crippen molar-refractivity contribution in [1.82, 2.24) is 19.1 Å². The average Bonchev–Trinajstić information content (AvgIpc) is 3.67. The van der Waals surface area contributed by atoms with E-state index in [0.29, 0.717) is 0 Å².